The molecule has 27 heavy (non-hydrogen) atoms. The second-order valence-electron chi connectivity index (χ2n) is 5.99. The summed E-state index contributed by atoms with van der Waals surface area (Å²) in [5, 5.41) is 19.3. The van der Waals surface area contributed by atoms with Crippen molar-refractivity contribution in [3.63, 3.8) is 0 Å². The number of hydrogen-bond acceptors (Lipinski definition) is 6. The zero-order valence-electron chi connectivity index (χ0n) is 14.1. The molecule has 1 unspecified atom stereocenters. The van der Waals surface area contributed by atoms with Crippen molar-refractivity contribution in [2.75, 3.05) is 11.1 Å². The highest BCUT2D eigenvalue weighted by molar-refractivity contribution is 8.14. The molecule has 0 fully saturated rings. The number of hydrogen-bond donors (Lipinski definition) is 1. The van der Waals surface area contributed by atoms with Gasteiger partial charge >= 0.3 is 0 Å². The maximum Gasteiger partial charge on any atom is 0.234 e. The molecule has 1 amide bonds. The van der Waals surface area contributed by atoms with Crippen LogP contribution in [-0.4, -0.2) is 28.1 Å². The maximum atomic E-state index is 12.4. The van der Waals surface area contributed by atoms with E-state index in [-0.39, 0.29) is 17.7 Å². The molecule has 8 heteroatoms. The Labute approximate surface area is 165 Å². The second kappa shape index (κ2) is 7.43. The third-order valence-electron chi connectivity index (χ3n) is 4.25. The summed E-state index contributed by atoms with van der Waals surface area (Å²) in [6.07, 6.45) is 2.69. The number of halogens is 1. The Morgan fingerprint density at radius 1 is 1.37 bits per heavy atom. The van der Waals surface area contributed by atoms with Gasteiger partial charge in [0, 0.05) is 23.2 Å². The van der Waals surface area contributed by atoms with Crippen molar-refractivity contribution in [3.8, 4) is 6.07 Å². The van der Waals surface area contributed by atoms with Gasteiger partial charge in [0.05, 0.1) is 28.7 Å². The number of nitrogens with zero attached hydrogens (tertiary/aromatic N) is 4. The third-order valence-corrected chi connectivity index (χ3v) is 5.42. The van der Waals surface area contributed by atoms with Crippen molar-refractivity contribution >= 4 is 52.0 Å². The number of fused-ring (bicyclic) bond motifs is 3. The molecular formula is C19H14ClN5OS. The van der Waals surface area contributed by atoms with Crippen molar-refractivity contribution in [3.05, 3.63) is 58.6 Å². The number of anilines is 1. The van der Waals surface area contributed by atoms with Crippen LogP contribution in [0.15, 0.2) is 52.6 Å². The van der Waals surface area contributed by atoms with Crippen LogP contribution in [0.5, 0.6) is 0 Å². The van der Waals surface area contributed by atoms with Crippen LogP contribution in [0.4, 0.5) is 11.4 Å². The minimum atomic E-state index is -0.236. The van der Waals surface area contributed by atoms with Gasteiger partial charge in [-0.05, 0) is 24.3 Å². The summed E-state index contributed by atoms with van der Waals surface area (Å²) >= 11 is 7.27. The lowest BCUT2D eigenvalue weighted by Gasteiger charge is -2.29. The molecule has 2 aromatic rings. The van der Waals surface area contributed by atoms with Gasteiger partial charge in [0.25, 0.3) is 0 Å². The van der Waals surface area contributed by atoms with Crippen LogP contribution >= 0.6 is 23.4 Å². The van der Waals surface area contributed by atoms with Gasteiger partial charge < -0.3 is 5.32 Å². The van der Waals surface area contributed by atoms with E-state index in [1.54, 1.807) is 18.2 Å². The van der Waals surface area contributed by atoms with E-state index in [0.717, 1.165) is 17.7 Å². The Hall–Kier alpha value is -2.82. The van der Waals surface area contributed by atoms with Crippen molar-refractivity contribution in [2.45, 2.75) is 12.5 Å². The molecule has 1 N–H and O–H groups in total. The molecular weight excluding hydrogens is 382 g/mol. The van der Waals surface area contributed by atoms with Gasteiger partial charge in [-0.15, -0.1) is 0 Å². The van der Waals surface area contributed by atoms with Crippen LogP contribution in [0, 0.1) is 11.3 Å². The molecule has 2 heterocycles. The van der Waals surface area contributed by atoms with Gasteiger partial charge in [0.1, 0.15) is 6.07 Å². The highest BCUT2D eigenvalue weighted by atomic mass is 35.5. The number of thioether (sulfide) groups is 1. The van der Waals surface area contributed by atoms with Crippen molar-refractivity contribution in [1.29, 1.82) is 5.26 Å². The number of nitriles is 1. The quantitative estimate of drug-likeness (QED) is 0.839. The second-order valence-corrected chi connectivity index (χ2v) is 7.36. The number of rotatable bonds is 3. The summed E-state index contributed by atoms with van der Waals surface area (Å²) in [5.41, 5.74) is 2.82. The predicted octanol–water partition coefficient (Wildman–Crippen LogP) is 4.32. The molecule has 0 saturated carbocycles. The van der Waals surface area contributed by atoms with Crippen molar-refractivity contribution in [2.24, 2.45) is 10.1 Å². The van der Waals surface area contributed by atoms with Crippen LogP contribution in [0.2, 0.25) is 5.02 Å². The molecule has 0 spiro atoms. The predicted molar refractivity (Wildman–Crippen MR) is 108 cm³/mol. The van der Waals surface area contributed by atoms with Crippen LogP contribution in [-0.2, 0) is 4.79 Å². The summed E-state index contributed by atoms with van der Waals surface area (Å²) in [5.74, 6) is -0.0861. The SMILES string of the molecule is N#Cc1ccc(Cl)cc1NC(=O)CSC1=Nc2ccccc2C2CC=NN12. The van der Waals surface area contributed by atoms with E-state index in [1.807, 2.05) is 35.5 Å². The van der Waals surface area contributed by atoms with Gasteiger partial charge in [-0.1, -0.05) is 41.6 Å². The Kier molecular flexibility index (Phi) is 4.84. The summed E-state index contributed by atoms with van der Waals surface area (Å²) < 4.78 is 0. The Morgan fingerprint density at radius 3 is 3.07 bits per heavy atom. The first-order valence-electron chi connectivity index (χ1n) is 8.27. The van der Waals surface area contributed by atoms with E-state index in [4.69, 9.17) is 16.9 Å². The molecule has 2 aliphatic heterocycles. The molecule has 6 nitrogen and oxygen atoms in total. The fourth-order valence-electron chi connectivity index (χ4n) is 3.01. The Morgan fingerprint density at radius 2 is 2.22 bits per heavy atom. The lowest BCUT2D eigenvalue weighted by Crippen LogP contribution is -2.29. The summed E-state index contributed by atoms with van der Waals surface area (Å²) in [7, 11) is 0. The minimum Gasteiger partial charge on any atom is -0.324 e. The first kappa shape index (κ1) is 17.6. The largest absolute Gasteiger partial charge is 0.324 e. The summed E-state index contributed by atoms with van der Waals surface area (Å²) in [4.78, 5) is 17.0. The van der Waals surface area contributed by atoms with Crippen molar-refractivity contribution < 1.29 is 4.79 Å². The molecule has 0 aromatic heterocycles. The Balaban J connectivity index is 1.48. The first-order chi connectivity index (χ1) is 13.2. The zero-order valence-corrected chi connectivity index (χ0v) is 15.7. The number of hydrazone groups is 1. The van der Waals surface area contributed by atoms with E-state index in [2.05, 4.69) is 21.5 Å². The Bertz CT molecular complexity index is 1010. The van der Waals surface area contributed by atoms with Gasteiger partial charge in [-0.3, -0.25) is 4.79 Å². The van der Waals surface area contributed by atoms with Crippen LogP contribution < -0.4 is 5.32 Å². The van der Waals surface area contributed by atoms with Gasteiger partial charge in [-0.2, -0.15) is 10.4 Å². The fraction of sp³-hybridized carbons (Fsp3) is 0.158. The maximum absolute atomic E-state index is 12.4. The molecule has 0 saturated heterocycles. The number of benzene rings is 2. The molecule has 134 valence electrons. The minimum absolute atomic E-state index is 0.127. The molecule has 2 aromatic carbocycles. The smallest absolute Gasteiger partial charge is 0.234 e. The molecule has 1 atom stereocenters. The number of carbonyl (C=O) groups is 1. The zero-order chi connectivity index (χ0) is 18.8. The van der Waals surface area contributed by atoms with E-state index in [0.29, 0.717) is 21.4 Å². The van der Waals surface area contributed by atoms with Crippen LogP contribution in [0.3, 0.4) is 0 Å². The fourth-order valence-corrected chi connectivity index (χ4v) is 3.99. The van der Waals surface area contributed by atoms with Crippen LogP contribution in [0.1, 0.15) is 23.6 Å². The molecule has 0 aliphatic carbocycles. The lowest BCUT2D eigenvalue weighted by atomic mass is 10.0. The highest BCUT2D eigenvalue weighted by Crippen LogP contribution is 2.40. The van der Waals surface area contributed by atoms with Crippen molar-refractivity contribution in [1.82, 2.24) is 5.01 Å². The monoisotopic (exact) mass is 395 g/mol. The number of nitrogens with one attached hydrogen (secondary N) is 1. The molecule has 2 aliphatic rings. The van der Waals surface area contributed by atoms with Gasteiger partial charge in [0.2, 0.25) is 5.91 Å². The normalized spacial score (nSPS) is 17.0. The topological polar surface area (TPSA) is 80.8 Å². The van der Waals surface area contributed by atoms with Gasteiger partial charge in [-0.25, -0.2) is 10.0 Å². The number of para-hydroxylation sites is 1. The number of amidine groups is 1. The highest BCUT2D eigenvalue weighted by Gasteiger charge is 2.32. The van der Waals surface area contributed by atoms with Gasteiger partial charge in [0.15, 0.2) is 5.17 Å². The van der Waals surface area contributed by atoms with E-state index in [9.17, 15) is 4.79 Å². The average molecular weight is 396 g/mol. The number of amides is 1. The van der Waals surface area contributed by atoms with E-state index < -0.39 is 0 Å². The van der Waals surface area contributed by atoms with Crippen LogP contribution in [0.25, 0.3) is 0 Å². The number of carbonyl (C=O) groups excluding carboxylic acids is 1. The van der Waals surface area contributed by atoms with E-state index >= 15 is 0 Å². The summed E-state index contributed by atoms with van der Waals surface area (Å²) in [6, 6.07) is 14.9. The van der Waals surface area contributed by atoms with E-state index in [1.165, 1.54) is 11.8 Å². The molecule has 0 radical (unpaired) electrons. The lowest BCUT2D eigenvalue weighted by molar-refractivity contribution is -0.113. The molecule has 0 bridgehead atoms. The average Bonchev–Trinajstić information content (AvgIpc) is 3.17. The summed E-state index contributed by atoms with van der Waals surface area (Å²) in [6.45, 7) is 0. The number of aliphatic imine (C=N–C) groups is 1. The molecule has 4 rings (SSSR count). The third kappa shape index (κ3) is 3.54. The first-order valence-corrected chi connectivity index (χ1v) is 9.63. The standard InChI is InChI=1S/C19H14ClN5OS/c20-13-6-5-12(10-21)16(9-13)23-18(26)11-27-19-24-15-4-2-1-3-14(15)17-7-8-22-25(17)19/h1-6,8-9,17H,7,11H2,(H,23,26).